The zero-order valence-electron chi connectivity index (χ0n) is 28.9. The average molecular weight is 672 g/mol. The van der Waals surface area contributed by atoms with Gasteiger partial charge in [-0.2, -0.15) is 0 Å². The Hall–Kier alpha value is -4.29. The van der Waals surface area contributed by atoms with Crippen LogP contribution >= 0.6 is 0 Å². The molecule has 3 aromatic rings. The molecule has 5 aliphatic rings. The number of piperidine rings is 1. The van der Waals surface area contributed by atoms with E-state index >= 15 is 0 Å². The molecule has 0 radical (unpaired) electrons. The fourth-order valence-corrected chi connectivity index (χ4v) is 8.70. The summed E-state index contributed by atoms with van der Waals surface area (Å²) in [5.74, 6) is 1.12. The molecule has 2 aliphatic heterocycles. The van der Waals surface area contributed by atoms with Crippen LogP contribution in [0, 0.1) is 5.92 Å². The highest BCUT2D eigenvalue weighted by Crippen LogP contribution is 2.69. The molecular weight excluding hydrogens is 626 g/mol. The Morgan fingerprint density at radius 1 is 1.06 bits per heavy atom. The van der Waals surface area contributed by atoms with Gasteiger partial charge in [-0.25, -0.2) is 14.6 Å². The number of H-pyrrole nitrogens is 1. The van der Waals surface area contributed by atoms with Gasteiger partial charge in [0.15, 0.2) is 17.6 Å². The van der Waals surface area contributed by atoms with Gasteiger partial charge in [-0.1, -0.05) is 12.1 Å². The number of ether oxygens (including phenoxy) is 3. The van der Waals surface area contributed by atoms with Gasteiger partial charge in [-0.15, -0.1) is 0 Å². The van der Waals surface area contributed by atoms with E-state index in [2.05, 4.69) is 25.5 Å². The van der Waals surface area contributed by atoms with Crippen molar-refractivity contribution >= 4 is 34.7 Å². The number of carbonyl (C=O) groups excluding carboxylic acids is 2. The molecule has 2 amide bonds. The van der Waals surface area contributed by atoms with Crippen LogP contribution in [0.3, 0.4) is 0 Å². The Morgan fingerprint density at radius 2 is 1.76 bits per heavy atom. The van der Waals surface area contributed by atoms with Crippen LogP contribution in [-0.2, 0) is 27.7 Å². The maximum absolute atomic E-state index is 13.1. The van der Waals surface area contributed by atoms with Crippen LogP contribution in [0.25, 0.3) is 10.9 Å². The number of carbonyl (C=O) groups is 2. The number of phenols is 1. The van der Waals surface area contributed by atoms with Crippen molar-refractivity contribution < 1.29 is 34.0 Å². The minimum atomic E-state index is -1.10. The fourth-order valence-electron chi connectivity index (χ4n) is 8.70. The smallest absolute Gasteiger partial charge is 0.414 e. The molecule has 1 aromatic heterocycles. The standard InChI is InChI=1S/C37H45N5O7/c1-34(2,3)48-32(44)40-31(41-33(45)49-35(4,5)6)38-21-10-11-22-23-17-37(46)26-15-20-9-12-25(43)29-27(20)36(37,13-14-42(26)18-19-7-8-19)30(47-29)28(23)39-24(22)16-21/h9-12,16,19,26,30,39,43,46H,7-8,13-15,17-18H2,1-6H3,(H2,38,40,41,44,45)/t26-,30+,36+,37-/m1/s1. The van der Waals surface area contributed by atoms with Gasteiger partial charge in [-0.05, 0) is 109 Å². The number of likely N-dealkylation sites (tertiary alicyclic amines) is 1. The van der Waals surface area contributed by atoms with E-state index in [1.807, 2.05) is 18.2 Å². The lowest BCUT2D eigenvalue weighted by Gasteiger charge is -2.62. The molecule has 0 unspecified atom stereocenters. The molecule has 3 heterocycles. The Bertz CT molecular complexity index is 1890. The van der Waals surface area contributed by atoms with E-state index in [1.165, 1.54) is 12.8 Å². The highest BCUT2D eigenvalue weighted by atomic mass is 16.6. The van der Waals surface area contributed by atoms with Crippen molar-refractivity contribution in [2.75, 3.05) is 13.1 Å². The number of aromatic nitrogens is 1. The first-order valence-electron chi connectivity index (χ1n) is 17.3. The third-order valence-electron chi connectivity index (χ3n) is 10.6. The van der Waals surface area contributed by atoms with Gasteiger partial charge in [0, 0.05) is 35.5 Å². The number of aromatic amines is 1. The van der Waals surface area contributed by atoms with Crippen LogP contribution in [0.5, 0.6) is 11.5 Å². The van der Waals surface area contributed by atoms with Crippen LogP contribution in [0.4, 0.5) is 15.3 Å². The highest BCUT2D eigenvalue weighted by molar-refractivity contribution is 6.02. The van der Waals surface area contributed by atoms with E-state index in [0.29, 0.717) is 30.2 Å². The van der Waals surface area contributed by atoms with E-state index in [-0.39, 0.29) is 17.8 Å². The number of aliphatic hydroxyl groups is 1. The van der Waals surface area contributed by atoms with Gasteiger partial charge >= 0.3 is 12.2 Å². The number of nitrogens with one attached hydrogen (secondary N) is 3. The molecule has 5 N–H and O–H groups in total. The quantitative estimate of drug-likeness (QED) is 0.178. The van der Waals surface area contributed by atoms with Gasteiger partial charge in [0.05, 0.1) is 22.4 Å². The number of rotatable bonds is 3. The molecule has 1 saturated heterocycles. The van der Waals surface area contributed by atoms with Gasteiger partial charge in [0.2, 0.25) is 5.96 Å². The number of alkyl carbamates (subject to hydrolysis) is 2. The second-order valence-electron chi connectivity index (χ2n) is 16.4. The average Bonchev–Trinajstić information content (AvgIpc) is 3.62. The largest absolute Gasteiger partial charge is 0.504 e. The minimum Gasteiger partial charge on any atom is -0.504 e. The summed E-state index contributed by atoms with van der Waals surface area (Å²) in [6.45, 7) is 12.3. The van der Waals surface area contributed by atoms with E-state index in [1.54, 1.807) is 53.7 Å². The molecule has 3 aliphatic carbocycles. The molecule has 49 heavy (non-hydrogen) atoms. The number of nitrogens with zero attached hydrogens (tertiary/aromatic N) is 2. The number of amides is 2. The van der Waals surface area contributed by atoms with Crippen molar-refractivity contribution in [2.24, 2.45) is 10.9 Å². The van der Waals surface area contributed by atoms with E-state index in [9.17, 15) is 19.8 Å². The summed E-state index contributed by atoms with van der Waals surface area (Å²) in [5.41, 5.74) is 1.87. The van der Waals surface area contributed by atoms with Crippen molar-refractivity contribution in [2.45, 2.75) is 108 Å². The Kier molecular flexibility index (Phi) is 6.91. The summed E-state index contributed by atoms with van der Waals surface area (Å²) >= 11 is 0. The van der Waals surface area contributed by atoms with E-state index < -0.39 is 40.5 Å². The lowest BCUT2D eigenvalue weighted by molar-refractivity contribution is -0.173. The van der Waals surface area contributed by atoms with Crippen LogP contribution in [0.1, 0.15) is 89.3 Å². The monoisotopic (exact) mass is 671 g/mol. The van der Waals surface area contributed by atoms with Crippen molar-refractivity contribution in [3.63, 3.8) is 0 Å². The van der Waals surface area contributed by atoms with E-state index in [4.69, 9.17) is 14.2 Å². The lowest BCUT2D eigenvalue weighted by Crippen LogP contribution is -2.74. The third kappa shape index (κ3) is 5.22. The number of aromatic hydroxyl groups is 1. The van der Waals surface area contributed by atoms with Crippen LogP contribution in [0.15, 0.2) is 35.3 Å². The zero-order chi connectivity index (χ0) is 34.7. The van der Waals surface area contributed by atoms with Crippen molar-refractivity contribution in [1.82, 2.24) is 20.5 Å². The van der Waals surface area contributed by atoms with Gasteiger partial charge in [0.1, 0.15) is 11.2 Å². The first-order valence-corrected chi connectivity index (χ1v) is 17.3. The minimum absolute atomic E-state index is 0.0710. The third-order valence-corrected chi connectivity index (χ3v) is 10.6. The fraction of sp³-hybridized carbons (Fsp3) is 0.541. The number of aliphatic imine (C=N–C) groups is 1. The summed E-state index contributed by atoms with van der Waals surface area (Å²) < 4.78 is 17.5. The summed E-state index contributed by atoms with van der Waals surface area (Å²) in [4.78, 5) is 36.1. The van der Waals surface area contributed by atoms with Crippen LogP contribution in [-0.4, -0.2) is 74.2 Å². The van der Waals surface area contributed by atoms with Crippen LogP contribution < -0.4 is 15.4 Å². The molecule has 260 valence electrons. The molecule has 8 rings (SSSR count). The molecular formula is C37H45N5O7. The molecule has 2 bridgehead atoms. The SMILES string of the molecule is CC(C)(C)OC(=O)NC(=Nc1ccc2c3c([nH]c2c1)[C@@H]1Oc2c(O)ccc4c2[C@@]12CCN(CC1CC1)[C@H](C4)[C@]2(O)C3)NC(=O)OC(C)(C)C. The topological polar surface area (TPSA) is 158 Å². The van der Waals surface area contributed by atoms with E-state index in [0.717, 1.165) is 52.8 Å². The Balaban J connectivity index is 1.19. The van der Waals surface area contributed by atoms with Crippen molar-refractivity contribution in [1.29, 1.82) is 0 Å². The Morgan fingerprint density at radius 3 is 2.41 bits per heavy atom. The number of guanidine groups is 1. The summed E-state index contributed by atoms with van der Waals surface area (Å²) in [5, 5.41) is 30.1. The summed E-state index contributed by atoms with van der Waals surface area (Å²) in [6, 6.07) is 9.23. The number of benzene rings is 2. The number of hydrogen-bond acceptors (Lipinski definition) is 9. The normalized spacial score (nSPS) is 26.7. The molecule has 12 nitrogen and oxygen atoms in total. The second-order valence-corrected chi connectivity index (χ2v) is 16.4. The second kappa shape index (κ2) is 10.6. The first-order chi connectivity index (χ1) is 23.0. The predicted molar refractivity (Wildman–Crippen MR) is 182 cm³/mol. The zero-order valence-corrected chi connectivity index (χ0v) is 28.9. The Labute approximate surface area is 285 Å². The molecule has 1 saturated carbocycles. The number of fused-ring (bicyclic) bond motifs is 4. The highest BCUT2D eigenvalue weighted by Gasteiger charge is 2.72. The van der Waals surface area contributed by atoms with Gasteiger partial charge in [0.25, 0.3) is 0 Å². The summed E-state index contributed by atoms with van der Waals surface area (Å²) in [7, 11) is 0. The number of phenolic OH excluding ortho intramolecular Hbond substituents is 1. The molecule has 1 spiro atoms. The molecule has 12 heteroatoms. The maximum Gasteiger partial charge on any atom is 0.414 e. The predicted octanol–water partition coefficient (Wildman–Crippen LogP) is 5.61. The molecule has 2 fully saturated rings. The first kappa shape index (κ1) is 31.9. The van der Waals surface area contributed by atoms with Gasteiger partial charge in [-0.3, -0.25) is 15.5 Å². The summed E-state index contributed by atoms with van der Waals surface area (Å²) in [6.07, 6.45) is 2.29. The van der Waals surface area contributed by atoms with Gasteiger partial charge < -0.3 is 29.4 Å². The van der Waals surface area contributed by atoms with Crippen molar-refractivity contribution in [3.8, 4) is 11.5 Å². The maximum atomic E-state index is 13.1. The van der Waals surface area contributed by atoms with Crippen LogP contribution in [0.2, 0.25) is 0 Å². The molecule has 4 atom stereocenters. The number of hydrogen-bond donors (Lipinski definition) is 5. The van der Waals surface area contributed by atoms with Crippen molar-refractivity contribution in [3.05, 3.63) is 52.7 Å². The molecule has 2 aromatic carbocycles. The lowest BCUT2D eigenvalue weighted by atomic mass is 9.49.